The first-order chi connectivity index (χ1) is 11.7. The second-order valence-corrected chi connectivity index (χ2v) is 7.64. The van der Waals surface area contributed by atoms with Crippen molar-refractivity contribution < 1.29 is 18.4 Å². The minimum absolute atomic E-state index is 0.00534. The van der Waals surface area contributed by atoms with Crippen LogP contribution in [0.15, 0.2) is 18.2 Å². The highest BCUT2D eigenvalue weighted by Crippen LogP contribution is 2.54. The molecule has 0 spiro atoms. The Morgan fingerprint density at radius 1 is 1.40 bits per heavy atom. The van der Waals surface area contributed by atoms with Gasteiger partial charge in [0.05, 0.1) is 5.92 Å². The minimum atomic E-state index is -0.605. The summed E-state index contributed by atoms with van der Waals surface area (Å²) >= 11 is 0. The van der Waals surface area contributed by atoms with Gasteiger partial charge in [0.1, 0.15) is 11.6 Å². The molecule has 1 aromatic rings. The Morgan fingerprint density at radius 3 is 2.60 bits per heavy atom. The molecule has 0 bridgehead atoms. The number of amides is 2. The molecule has 6 heteroatoms. The predicted molar refractivity (Wildman–Crippen MR) is 89.8 cm³/mol. The van der Waals surface area contributed by atoms with Gasteiger partial charge in [-0.15, -0.1) is 0 Å². The maximum Gasteiger partial charge on any atom is 0.225 e. The van der Waals surface area contributed by atoms with Crippen LogP contribution in [0.5, 0.6) is 0 Å². The lowest BCUT2D eigenvalue weighted by molar-refractivity contribution is -0.129. The third-order valence-corrected chi connectivity index (χ3v) is 5.65. The SMILES string of the molecule is CC(C)N1CC(C(=O)NCC2(c3ccc(F)cc3F)CC2C)CC1=O. The van der Waals surface area contributed by atoms with Crippen LogP contribution in [0.4, 0.5) is 8.78 Å². The van der Waals surface area contributed by atoms with Crippen LogP contribution in [0.3, 0.4) is 0 Å². The van der Waals surface area contributed by atoms with Gasteiger partial charge in [-0.2, -0.15) is 0 Å². The topological polar surface area (TPSA) is 49.4 Å². The van der Waals surface area contributed by atoms with Crippen molar-refractivity contribution in [2.75, 3.05) is 13.1 Å². The number of likely N-dealkylation sites (tertiary alicyclic amines) is 1. The lowest BCUT2D eigenvalue weighted by atomic mass is 9.92. The summed E-state index contributed by atoms with van der Waals surface area (Å²) in [5.74, 6) is -1.50. The summed E-state index contributed by atoms with van der Waals surface area (Å²) in [6, 6.07) is 3.69. The van der Waals surface area contributed by atoms with E-state index < -0.39 is 17.0 Å². The monoisotopic (exact) mass is 350 g/mol. The second-order valence-electron chi connectivity index (χ2n) is 7.64. The van der Waals surface area contributed by atoms with Crippen molar-refractivity contribution in [1.29, 1.82) is 0 Å². The quantitative estimate of drug-likeness (QED) is 0.887. The molecule has 1 aliphatic carbocycles. The van der Waals surface area contributed by atoms with Crippen molar-refractivity contribution in [3.8, 4) is 0 Å². The van der Waals surface area contributed by atoms with E-state index in [9.17, 15) is 18.4 Å². The molecule has 4 nitrogen and oxygen atoms in total. The number of carbonyl (C=O) groups is 2. The summed E-state index contributed by atoms with van der Waals surface area (Å²) in [5.41, 5.74) is -0.0265. The van der Waals surface area contributed by atoms with Gasteiger partial charge in [0.25, 0.3) is 0 Å². The molecule has 3 unspecified atom stereocenters. The number of nitrogens with one attached hydrogen (secondary N) is 1. The highest BCUT2D eigenvalue weighted by atomic mass is 19.1. The van der Waals surface area contributed by atoms with Crippen molar-refractivity contribution in [3.63, 3.8) is 0 Å². The second kappa shape index (κ2) is 6.39. The normalized spacial score (nSPS) is 28.6. The Kier molecular flexibility index (Phi) is 4.56. The number of benzene rings is 1. The maximum absolute atomic E-state index is 14.2. The fourth-order valence-corrected chi connectivity index (χ4v) is 3.89. The molecule has 1 aromatic carbocycles. The lowest BCUT2D eigenvalue weighted by Gasteiger charge is -2.22. The largest absolute Gasteiger partial charge is 0.355 e. The van der Waals surface area contributed by atoms with Crippen molar-refractivity contribution in [2.24, 2.45) is 11.8 Å². The molecular weight excluding hydrogens is 326 g/mol. The molecule has 2 fully saturated rings. The molecule has 0 radical (unpaired) electrons. The summed E-state index contributed by atoms with van der Waals surface area (Å²) in [5, 5.41) is 2.90. The first-order valence-corrected chi connectivity index (χ1v) is 8.77. The maximum atomic E-state index is 14.2. The van der Waals surface area contributed by atoms with E-state index in [1.807, 2.05) is 20.8 Å². The van der Waals surface area contributed by atoms with Gasteiger partial charge in [0, 0.05) is 37.0 Å². The Hall–Kier alpha value is -1.98. The van der Waals surface area contributed by atoms with Gasteiger partial charge in [-0.3, -0.25) is 9.59 Å². The van der Waals surface area contributed by atoms with E-state index in [0.717, 1.165) is 12.5 Å². The van der Waals surface area contributed by atoms with E-state index in [1.165, 1.54) is 12.1 Å². The Bertz CT molecular complexity index is 707. The zero-order valence-corrected chi connectivity index (χ0v) is 14.8. The van der Waals surface area contributed by atoms with Crippen LogP contribution in [-0.4, -0.2) is 35.8 Å². The fraction of sp³-hybridized carbons (Fsp3) is 0.579. The van der Waals surface area contributed by atoms with Crippen LogP contribution < -0.4 is 5.32 Å². The number of carbonyl (C=O) groups excluding carboxylic acids is 2. The molecule has 1 aliphatic heterocycles. The van der Waals surface area contributed by atoms with Crippen LogP contribution in [0.1, 0.15) is 39.2 Å². The van der Waals surface area contributed by atoms with Crippen molar-refractivity contribution in [1.82, 2.24) is 10.2 Å². The van der Waals surface area contributed by atoms with Crippen LogP contribution in [0, 0.1) is 23.5 Å². The summed E-state index contributed by atoms with van der Waals surface area (Å²) in [6.45, 7) is 6.58. The van der Waals surface area contributed by atoms with Crippen LogP contribution in [-0.2, 0) is 15.0 Å². The molecule has 1 saturated heterocycles. The van der Waals surface area contributed by atoms with E-state index in [4.69, 9.17) is 0 Å². The summed E-state index contributed by atoms with van der Waals surface area (Å²) in [4.78, 5) is 26.1. The van der Waals surface area contributed by atoms with Gasteiger partial charge in [-0.1, -0.05) is 13.0 Å². The van der Waals surface area contributed by atoms with E-state index in [0.29, 0.717) is 18.7 Å². The predicted octanol–water partition coefficient (Wildman–Crippen LogP) is 2.62. The third kappa shape index (κ3) is 3.26. The molecule has 0 aromatic heterocycles. The van der Waals surface area contributed by atoms with Crippen LogP contribution >= 0.6 is 0 Å². The number of halogens is 2. The van der Waals surface area contributed by atoms with E-state index in [-0.39, 0.29) is 36.1 Å². The summed E-state index contributed by atoms with van der Waals surface area (Å²) in [7, 11) is 0. The van der Waals surface area contributed by atoms with Gasteiger partial charge in [-0.25, -0.2) is 8.78 Å². The Balaban J connectivity index is 1.66. The summed E-state index contributed by atoms with van der Waals surface area (Å²) < 4.78 is 27.3. The average Bonchev–Trinajstić information content (AvgIpc) is 3.00. The summed E-state index contributed by atoms with van der Waals surface area (Å²) in [6.07, 6.45) is 0.967. The first kappa shape index (κ1) is 17.8. The van der Waals surface area contributed by atoms with Crippen molar-refractivity contribution in [3.05, 3.63) is 35.4 Å². The zero-order chi connectivity index (χ0) is 18.4. The van der Waals surface area contributed by atoms with E-state index >= 15 is 0 Å². The lowest BCUT2D eigenvalue weighted by Crippen LogP contribution is -2.39. The smallest absolute Gasteiger partial charge is 0.225 e. The molecule has 25 heavy (non-hydrogen) atoms. The third-order valence-electron chi connectivity index (χ3n) is 5.65. The molecule has 136 valence electrons. The van der Waals surface area contributed by atoms with E-state index in [2.05, 4.69) is 5.32 Å². The Morgan fingerprint density at radius 2 is 2.08 bits per heavy atom. The molecular formula is C19H24F2N2O2. The average molecular weight is 350 g/mol. The van der Waals surface area contributed by atoms with Gasteiger partial charge in [0.15, 0.2) is 0 Å². The number of rotatable bonds is 5. The number of hydrogen-bond donors (Lipinski definition) is 1. The standard InChI is InChI=1S/C19H24F2N2O2/c1-11(2)23-9-13(6-17(23)24)18(25)22-10-19(8-12(19)3)15-5-4-14(20)7-16(15)21/h4-5,7,11-13H,6,8-10H2,1-3H3,(H,22,25). The number of nitrogens with zero attached hydrogens (tertiary/aromatic N) is 1. The van der Waals surface area contributed by atoms with Crippen LogP contribution in [0.25, 0.3) is 0 Å². The van der Waals surface area contributed by atoms with Gasteiger partial charge in [-0.05, 0) is 37.8 Å². The van der Waals surface area contributed by atoms with Crippen LogP contribution in [0.2, 0.25) is 0 Å². The van der Waals surface area contributed by atoms with Gasteiger partial charge in [0.2, 0.25) is 11.8 Å². The Labute approximate surface area is 146 Å². The van der Waals surface area contributed by atoms with Crippen molar-refractivity contribution in [2.45, 2.75) is 45.1 Å². The van der Waals surface area contributed by atoms with Gasteiger partial charge < -0.3 is 10.2 Å². The molecule has 1 N–H and O–H groups in total. The highest BCUT2D eigenvalue weighted by molar-refractivity contribution is 5.89. The molecule has 1 heterocycles. The fourth-order valence-electron chi connectivity index (χ4n) is 3.89. The molecule has 2 amide bonds. The molecule has 2 aliphatic rings. The van der Waals surface area contributed by atoms with Crippen molar-refractivity contribution >= 4 is 11.8 Å². The first-order valence-electron chi connectivity index (χ1n) is 8.77. The minimum Gasteiger partial charge on any atom is -0.355 e. The van der Waals surface area contributed by atoms with E-state index in [1.54, 1.807) is 4.90 Å². The van der Waals surface area contributed by atoms with Gasteiger partial charge >= 0.3 is 0 Å². The zero-order valence-electron chi connectivity index (χ0n) is 14.8. The molecule has 3 rings (SSSR count). The molecule has 1 saturated carbocycles. The highest BCUT2D eigenvalue weighted by Gasteiger charge is 2.54. The number of hydrogen-bond acceptors (Lipinski definition) is 2. The molecule has 3 atom stereocenters.